The number of ether oxygens (including phenoxy) is 1. The van der Waals surface area contributed by atoms with Crippen LogP contribution in [0.1, 0.15) is 57.4 Å². The number of carbonyl (C=O) groups excluding carboxylic acids is 1. The molecule has 1 aliphatic rings. The summed E-state index contributed by atoms with van der Waals surface area (Å²) in [6.45, 7) is 5.73. The number of rotatable bonds is 7. The van der Waals surface area contributed by atoms with Crippen molar-refractivity contribution in [3.05, 3.63) is 35.5 Å². The van der Waals surface area contributed by atoms with Crippen LogP contribution in [0.15, 0.2) is 29.3 Å². The fraction of sp³-hybridized carbons (Fsp3) is 0.524. The molecular formula is C21H28N3O4S2. The lowest BCUT2D eigenvalue weighted by Crippen LogP contribution is -2.38. The SMILES string of the molecule is CCNS(=O)(=O)c1[c]cccc1-c1cnc(C2CCC(NC(=O)OC(C)C)CC2)s1. The third-order valence-electron chi connectivity index (χ3n) is 4.95. The molecule has 1 aromatic carbocycles. The lowest BCUT2D eigenvalue weighted by atomic mass is 9.86. The summed E-state index contributed by atoms with van der Waals surface area (Å²) in [5, 5.41) is 3.94. The van der Waals surface area contributed by atoms with E-state index >= 15 is 0 Å². The van der Waals surface area contributed by atoms with Gasteiger partial charge in [-0.1, -0.05) is 25.1 Å². The Morgan fingerprint density at radius 2 is 2.07 bits per heavy atom. The number of amides is 1. The predicted octanol–water partition coefficient (Wildman–Crippen LogP) is 4.07. The molecule has 0 saturated heterocycles. The van der Waals surface area contributed by atoms with Crippen molar-refractivity contribution < 1.29 is 17.9 Å². The number of aromatic nitrogens is 1. The van der Waals surface area contributed by atoms with Crippen molar-refractivity contribution >= 4 is 27.5 Å². The van der Waals surface area contributed by atoms with Gasteiger partial charge in [0.2, 0.25) is 10.0 Å². The molecule has 163 valence electrons. The molecule has 0 atom stereocenters. The van der Waals surface area contributed by atoms with E-state index in [1.165, 1.54) is 11.3 Å². The first-order chi connectivity index (χ1) is 14.3. The van der Waals surface area contributed by atoms with E-state index < -0.39 is 10.0 Å². The fourth-order valence-corrected chi connectivity index (χ4v) is 6.00. The van der Waals surface area contributed by atoms with Crippen LogP contribution in [-0.4, -0.2) is 38.2 Å². The summed E-state index contributed by atoms with van der Waals surface area (Å²) < 4.78 is 32.7. The minimum Gasteiger partial charge on any atom is -0.447 e. The number of nitrogens with zero attached hydrogens (tertiary/aromatic N) is 1. The van der Waals surface area contributed by atoms with Gasteiger partial charge in [-0.3, -0.25) is 0 Å². The van der Waals surface area contributed by atoms with Gasteiger partial charge in [0.1, 0.15) is 0 Å². The number of sulfonamides is 1. The highest BCUT2D eigenvalue weighted by atomic mass is 32.2. The summed E-state index contributed by atoms with van der Waals surface area (Å²) in [7, 11) is -3.61. The van der Waals surface area contributed by atoms with Crippen molar-refractivity contribution in [2.75, 3.05) is 6.54 Å². The van der Waals surface area contributed by atoms with Gasteiger partial charge in [0.15, 0.2) is 0 Å². The monoisotopic (exact) mass is 450 g/mol. The average molecular weight is 451 g/mol. The molecule has 30 heavy (non-hydrogen) atoms. The number of hydrogen-bond donors (Lipinski definition) is 2. The molecule has 0 unspecified atom stereocenters. The molecule has 7 nitrogen and oxygen atoms in total. The number of thiazole rings is 1. The quantitative estimate of drug-likeness (QED) is 0.663. The Morgan fingerprint density at radius 3 is 2.73 bits per heavy atom. The van der Waals surface area contributed by atoms with Crippen LogP contribution in [0.5, 0.6) is 0 Å². The Bertz CT molecular complexity index is 964. The van der Waals surface area contributed by atoms with Crippen molar-refractivity contribution in [1.82, 2.24) is 15.0 Å². The molecule has 0 spiro atoms. The van der Waals surface area contributed by atoms with Gasteiger partial charge in [-0.15, -0.1) is 11.3 Å². The van der Waals surface area contributed by atoms with Crippen molar-refractivity contribution in [1.29, 1.82) is 0 Å². The predicted molar refractivity (Wildman–Crippen MR) is 117 cm³/mol. The zero-order chi connectivity index (χ0) is 21.7. The molecule has 1 radical (unpaired) electrons. The number of hydrogen-bond acceptors (Lipinski definition) is 6. The standard InChI is InChI=1S/C21H28N3O4S2/c1-4-23-30(26,27)19-8-6-5-7-17(19)18-13-22-20(29-18)15-9-11-16(12-10-15)24-21(25)28-14(2)3/h5-7,13-16,23H,4,9-12H2,1-3H3,(H,24,25). The number of carbonyl (C=O) groups is 1. The molecular weight excluding hydrogens is 422 g/mol. The molecule has 0 aliphatic heterocycles. The van der Waals surface area contributed by atoms with E-state index in [0.717, 1.165) is 35.6 Å². The van der Waals surface area contributed by atoms with Crippen molar-refractivity contribution in [2.24, 2.45) is 0 Å². The second-order valence-corrected chi connectivity index (χ2v) is 10.4. The third kappa shape index (κ3) is 5.59. The van der Waals surface area contributed by atoms with Crippen LogP contribution in [0, 0.1) is 6.07 Å². The summed E-state index contributed by atoms with van der Waals surface area (Å²) in [5.74, 6) is 0.310. The molecule has 0 bridgehead atoms. The maximum absolute atomic E-state index is 12.5. The van der Waals surface area contributed by atoms with Crippen LogP contribution in [0.25, 0.3) is 10.4 Å². The van der Waals surface area contributed by atoms with E-state index in [4.69, 9.17) is 4.74 Å². The van der Waals surface area contributed by atoms with E-state index in [0.29, 0.717) is 18.0 Å². The summed E-state index contributed by atoms with van der Waals surface area (Å²) >= 11 is 1.53. The van der Waals surface area contributed by atoms with Crippen LogP contribution >= 0.6 is 11.3 Å². The van der Waals surface area contributed by atoms with Crippen LogP contribution < -0.4 is 10.0 Å². The molecule has 3 rings (SSSR count). The topological polar surface area (TPSA) is 97.4 Å². The van der Waals surface area contributed by atoms with Crippen LogP contribution in [-0.2, 0) is 14.8 Å². The highest BCUT2D eigenvalue weighted by Crippen LogP contribution is 2.39. The van der Waals surface area contributed by atoms with E-state index in [1.54, 1.807) is 31.3 Å². The van der Waals surface area contributed by atoms with E-state index in [9.17, 15) is 13.2 Å². The first-order valence-electron chi connectivity index (χ1n) is 10.2. The number of benzene rings is 1. The fourth-order valence-electron chi connectivity index (χ4n) is 3.60. The summed E-state index contributed by atoms with van der Waals surface area (Å²) in [6, 6.07) is 8.16. The average Bonchev–Trinajstić information content (AvgIpc) is 3.18. The summed E-state index contributed by atoms with van der Waals surface area (Å²) in [6.07, 6.45) is 4.83. The molecule has 2 aromatic rings. The van der Waals surface area contributed by atoms with Gasteiger partial charge in [-0.25, -0.2) is 22.9 Å². The van der Waals surface area contributed by atoms with Crippen molar-refractivity contribution in [3.8, 4) is 10.4 Å². The summed E-state index contributed by atoms with van der Waals surface area (Å²) in [4.78, 5) is 17.4. The van der Waals surface area contributed by atoms with Gasteiger partial charge in [0.25, 0.3) is 0 Å². The molecule has 1 amide bonds. The Kier molecular flexibility index (Phi) is 7.49. The smallest absolute Gasteiger partial charge is 0.407 e. The lowest BCUT2D eigenvalue weighted by molar-refractivity contribution is 0.109. The minimum absolute atomic E-state index is 0.118. The maximum Gasteiger partial charge on any atom is 0.407 e. The number of alkyl carbamates (subject to hydrolysis) is 1. The largest absolute Gasteiger partial charge is 0.447 e. The molecule has 2 N–H and O–H groups in total. The normalized spacial score (nSPS) is 19.6. The first-order valence-corrected chi connectivity index (χ1v) is 12.5. The Labute approximate surface area is 182 Å². The second-order valence-electron chi connectivity index (χ2n) is 7.62. The first kappa shape index (κ1) is 22.7. The van der Waals surface area contributed by atoms with Crippen molar-refractivity contribution in [3.63, 3.8) is 0 Å². The van der Waals surface area contributed by atoms with Gasteiger partial charge in [0.05, 0.1) is 20.9 Å². The van der Waals surface area contributed by atoms with Gasteiger partial charge in [-0.05, 0) is 39.5 Å². The molecule has 9 heteroatoms. The van der Waals surface area contributed by atoms with E-state index in [1.807, 2.05) is 13.8 Å². The van der Waals surface area contributed by atoms with Gasteiger partial charge in [0, 0.05) is 36.3 Å². The zero-order valence-corrected chi connectivity index (χ0v) is 19.1. The van der Waals surface area contributed by atoms with Crippen LogP contribution in [0.2, 0.25) is 0 Å². The lowest BCUT2D eigenvalue weighted by Gasteiger charge is -2.28. The van der Waals surface area contributed by atoms with E-state index in [2.05, 4.69) is 21.1 Å². The molecule has 1 aromatic heterocycles. The van der Waals surface area contributed by atoms with Gasteiger partial charge in [-0.2, -0.15) is 0 Å². The molecule has 1 fully saturated rings. The highest BCUT2D eigenvalue weighted by Gasteiger charge is 2.27. The molecule has 1 heterocycles. The van der Waals surface area contributed by atoms with Gasteiger partial charge < -0.3 is 10.1 Å². The number of nitrogens with one attached hydrogen (secondary N) is 2. The third-order valence-corrected chi connectivity index (χ3v) is 7.69. The van der Waals surface area contributed by atoms with E-state index in [-0.39, 0.29) is 23.1 Å². The Hall–Kier alpha value is -1.97. The summed E-state index contributed by atoms with van der Waals surface area (Å²) in [5.41, 5.74) is 0.619. The second kappa shape index (κ2) is 9.89. The van der Waals surface area contributed by atoms with Gasteiger partial charge >= 0.3 is 6.09 Å². The highest BCUT2D eigenvalue weighted by molar-refractivity contribution is 7.89. The zero-order valence-electron chi connectivity index (χ0n) is 17.5. The Balaban J connectivity index is 1.68. The van der Waals surface area contributed by atoms with Crippen molar-refractivity contribution in [2.45, 2.75) is 69.4 Å². The maximum atomic E-state index is 12.5. The van der Waals surface area contributed by atoms with Crippen LogP contribution in [0.4, 0.5) is 4.79 Å². The molecule has 1 saturated carbocycles. The Morgan fingerprint density at radius 1 is 1.33 bits per heavy atom. The minimum atomic E-state index is -3.61. The van der Waals surface area contributed by atoms with Crippen LogP contribution in [0.3, 0.4) is 0 Å². The molecule has 1 aliphatic carbocycles.